The normalized spacial score (nSPS) is 14.5. The highest BCUT2D eigenvalue weighted by atomic mass is 16.5. The van der Waals surface area contributed by atoms with Crippen LogP contribution in [0.4, 0.5) is 0 Å². The lowest BCUT2D eigenvalue weighted by molar-refractivity contribution is -0.144. The van der Waals surface area contributed by atoms with Crippen molar-refractivity contribution in [2.24, 2.45) is 0 Å². The predicted octanol–water partition coefficient (Wildman–Crippen LogP) is 1.27. The first kappa shape index (κ1) is 16.4. The largest absolute Gasteiger partial charge is 0.480 e. The second kappa shape index (κ2) is 9.39. The van der Waals surface area contributed by atoms with E-state index < -0.39 is 11.5 Å². The van der Waals surface area contributed by atoms with Crippen LogP contribution >= 0.6 is 0 Å². The van der Waals surface area contributed by atoms with Gasteiger partial charge in [0, 0.05) is 13.7 Å². The molecule has 0 aromatic heterocycles. The predicted molar refractivity (Wildman–Crippen MR) is 66.3 cm³/mol. The zero-order valence-corrected chi connectivity index (χ0v) is 11.1. The molecule has 0 aromatic carbocycles. The molecule has 0 aliphatic rings. The number of rotatable bonds is 11. The maximum atomic E-state index is 11.2. The second-order valence-corrected chi connectivity index (χ2v) is 4.27. The number of methoxy groups -OCH3 is 1. The van der Waals surface area contributed by atoms with Gasteiger partial charge in [-0.25, -0.2) is 0 Å². The molecule has 0 rings (SSSR count). The van der Waals surface area contributed by atoms with Crippen molar-refractivity contribution in [1.82, 2.24) is 5.32 Å². The summed E-state index contributed by atoms with van der Waals surface area (Å²) in [6.07, 6.45) is 2.21. The minimum atomic E-state index is -0.847. The molecule has 17 heavy (non-hydrogen) atoms. The minimum Gasteiger partial charge on any atom is -0.480 e. The van der Waals surface area contributed by atoms with E-state index >= 15 is 0 Å². The SMILES string of the molecule is CCCNC(C)(CCCOCCOC)C(=O)O. The molecular formula is C12H25NO4. The quantitative estimate of drug-likeness (QED) is 0.538. The number of hydrogen-bond donors (Lipinski definition) is 2. The molecule has 5 nitrogen and oxygen atoms in total. The smallest absolute Gasteiger partial charge is 0.323 e. The molecule has 0 saturated carbocycles. The molecule has 0 saturated heterocycles. The monoisotopic (exact) mass is 247 g/mol. The highest BCUT2D eigenvalue weighted by molar-refractivity contribution is 5.78. The maximum absolute atomic E-state index is 11.2. The number of carbonyl (C=O) groups is 1. The fraction of sp³-hybridized carbons (Fsp3) is 0.917. The van der Waals surface area contributed by atoms with Gasteiger partial charge in [0.15, 0.2) is 0 Å². The summed E-state index contributed by atoms with van der Waals surface area (Å²) in [5.41, 5.74) is -0.847. The molecule has 0 heterocycles. The van der Waals surface area contributed by atoms with Crippen LogP contribution in [-0.2, 0) is 14.3 Å². The van der Waals surface area contributed by atoms with Crippen LogP contribution in [0.2, 0.25) is 0 Å². The van der Waals surface area contributed by atoms with E-state index in [9.17, 15) is 9.90 Å². The number of carboxylic acid groups (broad SMARTS) is 1. The van der Waals surface area contributed by atoms with E-state index in [0.717, 1.165) is 12.8 Å². The van der Waals surface area contributed by atoms with Crippen molar-refractivity contribution in [2.75, 3.05) is 33.5 Å². The van der Waals surface area contributed by atoms with Gasteiger partial charge >= 0.3 is 5.97 Å². The Hall–Kier alpha value is -0.650. The van der Waals surface area contributed by atoms with Gasteiger partial charge in [-0.05, 0) is 32.7 Å². The van der Waals surface area contributed by atoms with Crippen molar-refractivity contribution >= 4 is 5.97 Å². The Bertz CT molecular complexity index is 211. The standard InChI is InChI=1S/C12H25NO4/c1-4-7-13-12(2,11(14)15)6-5-8-17-10-9-16-3/h13H,4-10H2,1-3H3,(H,14,15). The van der Waals surface area contributed by atoms with Gasteiger partial charge < -0.3 is 19.9 Å². The van der Waals surface area contributed by atoms with E-state index in [2.05, 4.69) is 5.32 Å². The summed E-state index contributed by atoms with van der Waals surface area (Å²) in [5, 5.41) is 12.2. The highest BCUT2D eigenvalue weighted by Crippen LogP contribution is 2.13. The number of hydrogen-bond acceptors (Lipinski definition) is 4. The first-order valence-corrected chi connectivity index (χ1v) is 6.12. The number of carboxylic acids is 1. The van der Waals surface area contributed by atoms with Gasteiger partial charge in [0.05, 0.1) is 13.2 Å². The minimum absolute atomic E-state index is 0.558. The summed E-state index contributed by atoms with van der Waals surface area (Å²) in [6.45, 7) is 6.16. The summed E-state index contributed by atoms with van der Waals surface area (Å²) in [6, 6.07) is 0. The van der Waals surface area contributed by atoms with E-state index in [1.807, 2.05) is 6.92 Å². The Kier molecular flexibility index (Phi) is 9.03. The molecule has 2 N–H and O–H groups in total. The van der Waals surface area contributed by atoms with Gasteiger partial charge in [-0.15, -0.1) is 0 Å². The van der Waals surface area contributed by atoms with Gasteiger partial charge in [-0.1, -0.05) is 6.92 Å². The van der Waals surface area contributed by atoms with Crippen molar-refractivity contribution in [3.8, 4) is 0 Å². The third kappa shape index (κ3) is 7.31. The van der Waals surface area contributed by atoms with Crippen LogP contribution in [-0.4, -0.2) is 50.1 Å². The Balaban J connectivity index is 3.81. The number of nitrogens with one attached hydrogen (secondary N) is 1. The molecule has 1 atom stereocenters. The lowest BCUT2D eigenvalue weighted by Gasteiger charge is -2.26. The fourth-order valence-corrected chi connectivity index (χ4v) is 1.44. The van der Waals surface area contributed by atoms with Gasteiger partial charge in [0.2, 0.25) is 0 Å². The van der Waals surface area contributed by atoms with Crippen LogP contribution in [0.15, 0.2) is 0 Å². The van der Waals surface area contributed by atoms with E-state index in [0.29, 0.717) is 32.8 Å². The molecule has 0 aromatic rings. The summed E-state index contributed by atoms with van der Waals surface area (Å²) >= 11 is 0. The first-order chi connectivity index (χ1) is 8.06. The van der Waals surface area contributed by atoms with Crippen LogP contribution < -0.4 is 5.32 Å². The van der Waals surface area contributed by atoms with Crippen LogP contribution in [0.5, 0.6) is 0 Å². The molecule has 0 aliphatic heterocycles. The molecule has 0 fully saturated rings. The molecule has 0 radical (unpaired) electrons. The van der Waals surface area contributed by atoms with E-state index in [-0.39, 0.29) is 0 Å². The molecule has 0 aliphatic carbocycles. The number of ether oxygens (including phenoxy) is 2. The fourth-order valence-electron chi connectivity index (χ4n) is 1.44. The van der Waals surface area contributed by atoms with Crippen molar-refractivity contribution in [1.29, 1.82) is 0 Å². The second-order valence-electron chi connectivity index (χ2n) is 4.27. The van der Waals surface area contributed by atoms with E-state index in [1.165, 1.54) is 0 Å². The van der Waals surface area contributed by atoms with Crippen molar-refractivity contribution in [3.63, 3.8) is 0 Å². The van der Waals surface area contributed by atoms with Gasteiger partial charge in [0.25, 0.3) is 0 Å². The third-order valence-electron chi connectivity index (χ3n) is 2.63. The van der Waals surface area contributed by atoms with Crippen LogP contribution in [0.3, 0.4) is 0 Å². The Labute approximate surface area is 103 Å². The molecule has 0 bridgehead atoms. The van der Waals surface area contributed by atoms with Crippen molar-refractivity contribution < 1.29 is 19.4 Å². The van der Waals surface area contributed by atoms with Gasteiger partial charge in [-0.3, -0.25) is 4.79 Å². The number of aliphatic carboxylic acids is 1. The molecular weight excluding hydrogens is 222 g/mol. The van der Waals surface area contributed by atoms with Crippen LogP contribution in [0.25, 0.3) is 0 Å². The van der Waals surface area contributed by atoms with Crippen molar-refractivity contribution in [2.45, 2.75) is 38.6 Å². The third-order valence-corrected chi connectivity index (χ3v) is 2.63. The highest BCUT2D eigenvalue weighted by Gasteiger charge is 2.31. The maximum Gasteiger partial charge on any atom is 0.323 e. The van der Waals surface area contributed by atoms with Crippen molar-refractivity contribution in [3.05, 3.63) is 0 Å². The molecule has 0 amide bonds. The molecule has 102 valence electrons. The Morgan fingerprint density at radius 3 is 2.59 bits per heavy atom. The Morgan fingerprint density at radius 1 is 1.35 bits per heavy atom. The molecule has 0 spiro atoms. The zero-order chi connectivity index (χ0) is 13.1. The summed E-state index contributed by atoms with van der Waals surface area (Å²) < 4.78 is 10.2. The molecule has 1 unspecified atom stereocenters. The lowest BCUT2D eigenvalue weighted by Crippen LogP contribution is -2.49. The first-order valence-electron chi connectivity index (χ1n) is 6.12. The lowest BCUT2D eigenvalue weighted by atomic mass is 9.96. The van der Waals surface area contributed by atoms with Gasteiger partial charge in [0.1, 0.15) is 5.54 Å². The van der Waals surface area contributed by atoms with E-state index in [4.69, 9.17) is 9.47 Å². The van der Waals surface area contributed by atoms with Crippen LogP contribution in [0.1, 0.15) is 33.1 Å². The summed E-state index contributed by atoms with van der Waals surface area (Å²) in [4.78, 5) is 11.2. The van der Waals surface area contributed by atoms with Gasteiger partial charge in [-0.2, -0.15) is 0 Å². The average Bonchev–Trinajstić information content (AvgIpc) is 2.31. The average molecular weight is 247 g/mol. The zero-order valence-electron chi connectivity index (χ0n) is 11.1. The summed E-state index contributed by atoms with van der Waals surface area (Å²) in [5.74, 6) is -0.803. The molecule has 5 heteroatoms. The topological polar surface area (TPSA) is 67.8 Å². The van der Waals surface area contributed by atoms with Crippen LogP contribution in [0, 0.1) is 0 Å². The summed E-state index contributed by atoms with van der Waals surface area (Å²) in [7, 11) is 1.62. The Morgan fingerprint density at radius 2 is 2.06 bits per heavy atom. The van der Waals surface area contributed by atoms with E-state index in [1.54, 1.807) is 14.0 Å².